The molecule has 1 aliphatic heterocycles. The van der Waals surface area contributed by atoms with Gasteiger partial charge >= 0.3 is 0 Å². The molecule has 2 aromatic heterocycles. The summed E-state index contributed by atoms with van der Waals surface area (Å²) in [4.78, 5) is 26.0. The average Bonchev–Trinajstić information content (AvgIpc) is 3.06. The first-order valence-corrected chi connectivity index (χ1v) is 7.55. The lowest BCUT2D eigenvalue weighted by atomic mass is 10.2. The van der Waals surface area contributed by atoms with Gasteiger partial charge in [0.05, 0.1) is 23.8 Å². The van der Waals surface area contributed by atoms with E-state index in [9.17, 15) is 9.59 Å². The van der Waals surface area contributed by atoms with E-state index in [4.69, 9.17) is 0 Å². The van der Waals surface area contributed by atoms with Crippen molar-refractivity contribution in [1.29, 1.82) is 0 Å². The van der Waals surface area contributed by atoms with E-state index in [1.54, 1.807) is 29.0 Å². The zero-order valence-corrected chi connectivity index (χ0v) is 13.7. The molecule has 3 heterocycles. The lowest BCUT2D eigenvalue weighted by Crippen LogP contribution is -2.34. The molecule has 0 aromatic carbocycles. The number of rotatable bonds is 3. The molecule has 1 N–H and O–H groups in total. The van der Waals surface area contributed by atoms with Crippen LogP contribution in [0.1, 0.15) is 6.42 Å². The van der Waals surface area contributed by atoms with Crippen LogP contribution in [0.4, 0.5) is 11.4 Å². The van der Waals surface area contributed by atoms with E-state index < -0.39 is 0 Å². The maximum absolute atomic E-state index is 12.5. The topological polar surface area (TPSA) is 85.0 Å². The van der Waals surface area contributed by atoms with Crippen molar-refractivity contribution in [2.75, 3.05) is 16.8 Å². The molecule has 116 valence electrons. The van der Waals surface area contributed by atoms with Gasteiger partial charge in [0.2, 0.25) is 5.91 Å². The van der Waals surface area contributed by atoms with E-state index in [0.29, 0.717) is 23.1 Å². The minimum atomic E-state index is -0.384. The number of anilines is 2. The lowest BCUT2D eigenvalue weighted by molar-refractivity contribution is -0.117. The highest BCUT2D eigenvalue weighted by Gasteiger charge is 2.33. The molecule has 1 unspecified atom stereocenters. The molecule has 2 aromatic rings. The average molecular weight is 367 g/mol. The predicted octanol–water partition coefficient (Wildman–Crippen LogP) is 0.494. The normalized spacial score (nSPS) is 18.0. The van der Waals surface area contributed by atoms with Gasteiger partial charge in [-0.15, -0.1) is 0 Å². The van der Waals surface area contributed by atoms with Gasteiger partial charge < -0.3 is 10.2 Å². The maximum Gasteiger partial charge on any atom is 0.282 e. The minimum Gasteiger partial charge on any atom is -0.371 e. The standard InChI is InChI=1S/C13H15BrN6O2/c1-18-7-8(5-15-18)20-4-3-9(12(20)21)17-10-6-16-19(2)13(22)11(10)14/h5-7,9,17H,3-4H2,1-2H3. The van der Waals surface area contributed by atoms with Gasteiger partial charge in [0.1, 0.15) is 10.5 Å². The van der Waals surface area contributed by atoms with Crippen LogP contribution in [0, 0.1) is 0 Å². The van der Waals surface area contributed by atoms with Gasteiger partial charge in [0.15, 0.2) is 0 Å². The predicted molar refractivity (Wildman–Crippen MR) is 84.8 cm³/mol. The Kier molecular flexibility index (Phi) is 3.73. The van der Waals surface area contributed by atoms with E-state index in [1.165, 1.54) is 10.9 Å². The fourth-order valence-corrected chi connectivity index (χ4v) is 2.89. The van der Waals surface area contributed by atoms with Crippen molar-refractivity contribution in [3.63, 3.8) is 0 Å². The summed E-state index contributed by atoms with van der Waals surface area (Å²) in [6.07, 6.45) is 5.65. The van der Waals surface area contributed by atoms with Gasteiger partial charge in [-0.2, -0.15) is 10.2 Å². The van der Waals surface area contributed by atoms with Crippen LogP contribution in [0.5, 0.6) is 0 Å². The van der Waals surface area contributed by atoms with Crippen molar-refractivity contribution in [2.24, 2.45) is 14.1 Å². The third kappa shape index (κ3) is 2.52. The molecule has 22 heavy (non-hydrogen) atoms. The number of aryl methyl sites for hydroxylation is 2. The highest BCUT2D eigenvalue weighted by Crippen LogP contribution is 2.24. The molecular weight excluding hydrogens is 352 g/mol. The van der Waals surface area contributed by atoms with Gasteiger partial charge in [0, 0.05) is 26.8 Å². The van der Waals surface area contributed by atoms with E-state index in [1.807, 2.05) is 7.05 Å². The summed E-state index contributed by atoms with van der Waals surface area (Å²) in [5.41, 5.74) is 1.05. The number of aromatic nitrogens is 4. The van der Waals surface area contributed by atoms with Crippen LogP contribution in [0.25, 0.3) is 0 Å². The summed E-state index contributed by atoms with van der Waals surface area (Å²) in [5.74, 6) is -0.0411. The number of hydrogen-bond acceptors (Lipinski definition) is 5. The van der Waals surface area contributed by atoms with Crippen LogP contribution in [-0.4, -0.2) is 38.1 Å². The molecule has 0 bridgehead atoms. The second-order valence-corrected chi connectivity index (χ2v) is 5.94. The largest absolute Gasteiger partial charge is 0.371 e. The van der Waals surface area contributed by atoms with Crippen LogP contribution in [-0.2, 0) is 18.9 Å². The maximum atomic E-state index is 12.5. The van der Waals surface area contributed by atoms with Crippen LogP contribution in [0.3, 0.4) is 0 Å². The first-order chi connectivity index (χ1) is 10.5. The van der Waals surface area contributed by atoms with Crippen molar-refractivity contribution in [3.8, 4) is 0 Å². The number of halogens is 1. The van der Waals surface area contributed by atoms with Crippen LogP contribution in [0.2, 0.25) is 0 Å². The first-order valence-electron chi connectivity index (χ1n) is 6.75. The van der Waals surface area contributed by atoms with Gasteiger partial charge in [-0.05, 0) is 22.4 Å². The number of hydrogen-bond donors (Lipinski definition) is 1. The molecule has 0 saturated carbocycles. The van der Waals surface area contributed by atoms with Crippen molar-refractivity contribution < 1.29 is 4.79 Å². The van der Waals surface area contributed by atoms with Crippen molar-refractivity contribution in [2.45, 2.75) is 12.5 Å². The van der Waals surface area contributed by atoms with Gasteiger partial charge in [-0.25, -0.2) is 4.68 Å². The van der Waals surface area contributed by atoms with Crippen LogP contribution in [0.15, 0.2) is 27.9 Å². The highest BCUT2D eigenvalue weighted by atomic mass is 79.9. The Balaban J connectivity index is 1.79. The smallest absolute Gasteiger partial charge is 0.282 e. The molecule has 1 atom stereocenters. The molecule has 9 heteroatoms. The van der Waals surface area contributed by atoms with E-state index in [0.717, 1.165) is 5.69 Å². The molecule has 1 fully saturated rings. The first kappa shape index (κ1) is 14.8. The zero-order chi connectivity index (χ0) is 15.9. The Morgan fingerprint density at radius 3 is 2.73 bits per heavy atom. The van der Waals surface area contributed by atoms with Gasteiger partial charge in [-0.1, -0.05) is 0 Å². The van der Waals surface area contributed by atoms with Crippen LogP contribution < -0.4 is 15.8 Å². The molecule has 8 nitrogen and oxygen atoms in total. The molecule has 3 rings (SSSR count). The fraction of sp³-hybridized carbons (Fsp3) is 0.385. The summed E-state index contributed by atoms with van der Waals surface area (Å²) in [6.45, 7) is 0.609. The molecular formula is C13H15BrN6O2. The lowest BCUT2D eigenvalue weighted by Gasteiger charge is -2.16. The van der Waals surface area contributed by atoms with E-state index in [2.05, 4.69) is 31.4 Å². The highest BCUT2D eigenvalue weighted by molar-refractivity contribution is 9.10. The summed E-state index contributed by atoms with van der Waals surface area (Å²) in [6, 6.07) is -0.384. The Morgan fingerprint density at radius 1 is 1.27 bits per heavy atom. The summed E-state index contributed by atoms with van der Waals surface area (Å²) in [5, 5.41) is 11.1. The molecule has 0 spiro atoms. The molecule has 1 saturated heterocycles. The van der Waals surface area contributed by atoms with Crippen molar-refractivity contribution >= 4 is 33.2 Å². The summed E-state index contributed by atoms with van der Waals surface area (Å²) < 4.78 is 3.26. The Labute approximate surface area is 134 Å². The van der Waals surface area contributed by atoms with Crippen LogP contribution >= 0.6 is 15.9 Å². The third-order valence-electron chi connectivity index (χ3n) is 3.62. The Hall–Kier alpha value is -2.16. The molecule has 0 aliphatic carbocycles. The number of nitrogens with one attached hydrogen (secondary N) is 1. The second kappa shape index (κ2) is 5.56. The zero-order valence-electron chi connectivity index (χ0n) is 12.2. The SMILES string of the molecule is Cn1cc(N2CCC(Nc3cnn(C)c(=O)c3Br)C2=O)cn1. The van der Waals surface area contributed by atoms with Crippen molar-refractivity contribution in [1.82, 2.24) is 19.6 Å². The van der Waals surface area contributed by atoms with Crippen molar-refractivity contribution in [3.05, 3.63) is 33.4 Å². The minimum absolute atomic E-state index is 0.0411. The monoisotopic (exact) mass is 366 g/mol. The van der Waals surface area contributed by atoms with E-state index in [-0.39, 0.29) is 17.5 Å². The number of amides is 1. The number of carbonyl (C=O) groups is 1. The third-order valence-corrected chi connectivity index (χ3v) is 4.38. The van der Waals surface area contributed by atoms with E-state index >= 15 is 0 Å². The molecule has 1 aliphatic rings. The summed E-state index contributed by atoms with van der Waals surface area (Å²) in [7, 11) is 3.38. The number of nitrogens with zero attached hydrogens (tertiary/aromatic N) is 5. The summed E-state index contributed by atoms with van der Waals surface area (Å²) >= 11 is 3.25. The Morgan fingerprint density at radius 2 is 2.05 bits per heavy atom. The quantitative estimate of drug-likeness (QED) is 0.854. The second-order valence-electron chi connectivity index (χ2n) is 5.15. The number of carbonyl (C=O) groups excluding carboxylic acids is 1. The fourth-order valence-electron chi connectivity index (χ4n) is 2.42. The Bertz CT molecular complexity index is 783. The van der Waals surface area contributed by atoms with Gasteiger partial charge in [-0.3, -0.25) is 14.3 Å². The van der Waals surface area contributed by atoms with Gasteiger partial charge in [0.25, 0.3) is 5.56 Å². The molecule has 1 amide bonds. The molecule has 0 radical (unpaired) electrons.